The Labute approximate surface area is 142 Å². The van der Waals surface area contributed by atoms with Crippen LogP contribution in [0.25, 0.3) is 10.9 Å². The Balaban J connectivity index is 1.77. The van der Waals surface area contributed by atoms with Crippen LogP contribution < -0.4 is 0 Å². The average molecular weight is 346 g/mol. The van der Waals surface area contributed by atoms with Crippen LogP contribution in [0.2, 0.25) is 0 Å². The molecule has 1 aromatic heterocycles. The molecule has 6 heteroatoms. The number of sulfonamides is 1. The largest absolute Gasteiger partial charge is 0.381 e. The van der Waals surface area contributed by atoms with E-state index in [2.05, 4.69) is 4.98 Å². The molecular weight excluding hydrogens is 324 g/mol. The van der Waals surface area contributed by atoms with Crippen molar-refractivity contribution in [2.75, 3.05) is 19.8 Å². The van der Waals surface area contributed by atoms with Crippen LogP contribution in [-0.4, -0.2) is 43.5 Å². The molecule has 2 fully saturated rings. The van der Waals surface area contributed by atoms with Crippen molar-refractivity contribution < 1.29 is 13.2 Å². The van der Waals surface area contributed by atoms with E-state index >= 15 is 0 Å². The summed E-state index contributed by atoms with van der Waals surface area (Å²) in [7, 11) is -3.53. The zero-order valence-corrected chi connectivity index (χ0v) is 14.6. The van der Waals surface area contributed by atoms with Crippen LogP contribution in [0.3, 0.4) is 0 Å². The minimum Gasteiger partial charge on any atom is -0.381 e. The molecule has 0 unspecified atom stereocenters. The van der Waals surface area contributed by atoms with E-state index in [4.69, 9.17) is 4.74 Å². The van der Waals surface area contributed by atoms with Gasteiger partial charge in [0.15, 0.2) is 0 Å². The second-order valence-corrected chi connectivity index (χ2v) is 8.67. The Morgan fingerprint density at radius 1 is 1.25 bits per heavy atom. The molecular formula is C18H22N2O3S. The SMILES string of the molecule is Cc1ccc(S(=O)(=O)N(C[C@H]2CCOC2)C2CC2)c2cccnc12. The molecule has 1 saturated heterocycles. The van der Waals surface area contributed by atoms with Crippen molar-refractivity contribution in [3.63, 3.8) is 0 Å². The van der Waals surface area contributed by atoms with E-state index in [1.807, 2.05) is 19.1 Å². The number of hydrogen-bond acceptors (Lipinski definition) is 4. The van der Waals surface area contributed by atoms with Crippen LogP contribution in [0.5, 0.6) is 0 Å². The first-order valence-electron chi connectivity index (χ1n) is 8.51. The van der Waals surface area contributed by atoms with E-state index in [0.29, 0.717) is 29.4 Å². The number of nitrogens with zero attached hydrogens (tertiary/aromatic N) is 2. The maximum atomic E-state index is 13.4. The van der Waals surface area contributed by atoms with E-state index in [1.54, 1.807) is 22.6 Å². The van der Waals surface area contributed by atoms with Gasteiger partial charge in [0.25, 0.3) is 0 Å². The summed E-state index contributed by atoms with van der Waals surface area (Å²) in [6, 6.07) is 7.38. The number of ether oxygens (including phenoxy) is 1. The molecule has 0 amide bonds. The Morgan fingerprint density at radius 3 is 2.79 bits per heavy atom. The molecule has 1 aliphatic carbocycles. The standard InChI is InChI=1S/C18H22N2O3S/c1-13-4-7-17(16-3-2-9-19-18(13)16)24(21,22)20(15-5-6-15)11-14-8-10-23-12-14/h2-4,7,9,14-15H,5-6,8,10-12H2,1H3/t14-/m1/s1. The number of rotatable bonds is 5. The molecule has 0 spiro atoms. The lowest BCUT2D eigenvalue weighted by Gasteiger charge is -2.25. The quantitative estimate of drug-likeness (QED) is 0.835. The van der Waals surface area contributed by atoms with E-state index in [1.165, 1.54) is 0 Å². The minimum absolute atomic E-state index is 0.142. The van der Waals surface area contributed by atoms with Crippen molar-refractivity contribution >= 4 is 20.9 Å². The molecule has 0 bridgehead atoms. The van der Waals surface area contributed by atoms with E-state index in [9.17, 15) is 8.42 Å². The predicted molar refractivity (Wildman–Crippen MR) is 92.3 cm³/mol. The second kappa shape index (κ2) is 6.10. The zero-order valence-electron chi connectivity index (χ0n) is 13.8. The van der Waals surface area contributed by atoms with Gasteiger partial charge in [-0.15, -0.1) is 0 Å². The fourth-order valence-electron chi connectivity index (χ4n) is 3.43. The number of aromatic nitrogens is 1. The first kappa shape index (κ1) is 16.0. The third-order valence-electron chi connectivity index (χ3n) is 4.93. The maximum absolute atomic E-state index is 13.4. The number of hydrogen-bond donors (Lipinski definition) is 0. The number of fused-ring (bicyclic) bond motifs is 1. The summed E-state index contributed by atoms with van der Waals surface area (Å²) in [6.45, 7) is 3.92. The van der Waals surface area contributed by atoms with Crippen molar-refractivity contribution in [2.24, 2.45) is 5.92 Å². The van der Waals surface area contributed by atoms with Gasteiger partial charge >= 0.3 is 0 Å². The highest BCUT2D eigenvalue weighted by Gasteiger charge is 2.40. The van der Waals surface area contributed by atoms with Gasteiger partial charge < -0.3 is 4.74 Å². The van der Waals surface area contributed by atoms with Crippen LogP contribution in [0.1, 0.15) is 24.8 Å². The molecule has 2 aliphatic rings. The van der Waals surface area contributed by atoms with Gasteiger partial charge in [-0.2, -0.15) is 4.31 Å². The van der Waals surface area contributed by atoms with Crippen molar-refractivity contribution in [3.05, 3.63) is 36.0 Å². The molecule has 1 atom stereocenters. The van der Waals surface area contributed by atoms with E-state index in [-0.39, 0.29) is 6.04 Å². The summed E-state index contributed by atoms with van der Waals surface area (Å²) >= 11 is 0. The highest BCUT2D eigenvalue weighted by atomic mass is 32.2. The van der Waals surface area contributed by atoms with Crippen LogP contribution in [-0.2, 0) is 14.8 Å². The van der Waals surface area contributed by atoms with Gasteiger partial charge in [0.05, 0.1) is 17.0 Å². The average Bonchev–Trinajstić information content (AvgIpc) is 3.28. The summed E-state index contributed by atoms with van der Waals surface area (Å²) in [4.78, 5) is 4.75. The molecule has 1 saturated carbocycles. The summed E-state index contributed by atoms with van der Waals surface area (Å²) in [5, 5.41) is 0.714. The molecule has 1 aromatic carbocycles. The van der Waals surface area contributed by atoms with Gasteiger partial charge in [0.2, 0.25) is 10.0 Å². The van der Waals surface area contributed by atoms with Crippen LogP contribution in [0.4, 0.5) is 0 Å². The molecule has 4 rings (SSSR count). The van der Waals surface area contributed by atoms with Gasteiger partial charge in [-0.05, 0) is 55.9 Å². The summed E-state index contributed by atoms with van der Waals surface area (Å²) in [6.07, 6.45) is 4.55. The lowest BCUT2D eigenvalue weighted by molar-refractivity contribution is 0.180. The molecule has 24 heavy (non-hydrogen) atoms. The van der Waals surface area contributed by atoms with Gasteiger partial charge in [0.1, 0.15) is 0 Å². The summed E-state index contributed by atoms with van der Waals surface area (Å²) < 4.78 is 33.9. The van der Waals surface area contributed by atoms with Crippen LogP contribution >= 0.6 is 0 Å². The van der Waals surface area contributed by atoms with Crippen molar-refractivity contribution in [2.45, 2.75) is 37.1 Å². The van der Waals surface area contributed by atoms with E-state index in [0.717, 1.165) is 36.9 Å². The first-order chi connectivity index (χ1) is 11.6. The van der Waals surface area contributed by atoms with Gasteiger partial charge in [-0.1, -0.05) is 6.07 Å². The van der Waals surface area contributed by atoms with Crippen molar-refractivity contribution in [1.82, 2.24) is 9.29 Å². The van der Waals surface area contributed by atoms with Gasteiger partial charge in [-0.25, -0.2) is 8.42 Å². The van der Waals surface area contributed by atoms with Crippen LogP contribution in [0.15, 0.2) is 35.4 Å². The fourth-order valence-corrected chi connectivity index (χ4v) is 5.37. The number of benzene rings is 1. The topological polar surface area (TPSA) is 59.5 Å². The number of pyridine rings is 1. The lowest BCUT2D eigenvalue weighted by atomic mass is 10.1. The minimum atomic E-state index is -3.53. The molecule has 2 aromatic rings. The normalized spacial score (nSPS) is 21.7. The number of aryl methyl sites for hydroxylation is 1. The Hall–Kier alpha value is -1.50. The van der Waals surface area contributed by atoms with E-state index < -0.39 is 10.0 Å². The van der Waals surface area contributed by atoms with Crippen molar-refractivity contribution in [3.8, 4) is 0 Å². The summed E-state index contributed by atoms with van der Waals surface area (Å²) in [5.74, 6) is 0.301. The Bertz CT molecular complexity index is 856. The smallest absolute Gasteiger partial charge is 0.244 e. The lowest BCUT2D eigenvalue weighted by Crippen LogP contribution is -2.37. The monoisotopic (exact) mass is 346 g/mol. The molecule has 1 aliphatic heterocycles. The highest BCUT2D eigenvalue weighted by molar-refractivity contribution is 7.89. The predicted octanol–water partition coefficient (Wildman–Crippen LogP) is 2.73. The van der Waals surface area contributed by atoms with Gasteiger partial charge in [0, 0.05) is 30.8 Å². The highest BCUT2D eigenvalue weighted by Crippen LogP contribution is 2.36. The van der Waals surface area contributed by atoms with Crippen LogP contribution in [0, 0.1) is 12.8 Å². The third kappa shape index (κ3) is 2.83. The van der Waals surface area contributed by atoms with Crippen molar-refractivity contribution in [1.29, 1.82) is 0 Å². The maximum Gasteiger partial charge on any atom is 0.244 e. The van der Waals surface area contributed by atoms with Gasteiger partial charge in [-0.3, -0.25) is 4.98 Å². The first-order valence-corrected chi connectivity index (χ1v) is 9.95. The molecule has 2 heterocycles. The summed E-state index contributed by atoms with van der Waals surface area (Å²) in [5.41, 5.74) is 1.75. The molecule has 128 valence electrons. The molecule has 0 radical (unpaired) electrons. The molecule has 0 N–H and O–H groups in total. The zero-order chi connectivity index (χ0) is 16.7. The second-order valence-electron chi connectivity index (χ2n) is 6.82. The third-order valence-corrected chi connectivity index (χ3v) is 6.91. The molecule has 5 nitrogen and oxygen atoms in total. The Kier molecular flexibility index (Phi) is 4.06. The fraction of sp³-hybridized carbons (Fsp3) is 0.500. The Morgan fingerprint density at radius 2 is 2.08 bits per heavy atom.